The number of carboxylic acids is 1. The lowest BCUT2D eigenvalue weighted by Crippen LogP contribution is -2.52. The molecule has 1 aromatic heterocycles. The summed E-state index contributed by atoms with van der Waals surface area (Å²) in [5, 5.41) is 51.4. The van der Waals surface area contributed by atoms with Gasteiger partial charge in [-0.1, -0.05) is 0 Å². The number of aliphatic hydroxyl groups is 4. The van der Waals surface area contributed by atoms with Crippen molar-refractivity contribution in [3.8, 4) is 0 Å². The average Bonchev–Trinajstić information content (AvgIpc) is 3.34. The van der Waals surface area contributed by atoms with Crippen molar-refractivity contribution in [1.29, 1.82) is 0 Å². The van der Waals surface area contributed by atoms with Gasteiger partial charge in [0.2, 0.25) is 11.7 Å². The summed E-state index contributed by atoms with van der Waals surface area (Å²) in [7, 11) is 0. The molecule has 13 nitrogen and oxygen atoms in total. The van der Waals surface area contributed by atoms with Crippen molar-refractivity contribution in [2.45, 2.75) is 62.6 Å². The van der Waals surface area contributed by atoms with Crippen molar-refractivity contribution in [1.82, 2.24) is 19.7 Å². The highest BCUT2D eigenvalue weighted by Gasteiger charge is 2.40. The van der Waals surface area contributed by atoms with E-state index < -0.39 is 71.8 Å². The first-order valence-electron chi connectivity index (χ1n) is 11.5. The third-order valence-electron chi connectivity index (χ3n) is 5.77. The average molecular weight is 600 g/mol. The van der Waals surface area contributed by atoms with Gasteiger partial charge in [0, 0.05) is 31.6 Å². The molecule has 2 heterocycles. The predicted molar refractivity (Wildman–Crippen MR) is 118 cm³/mol. The fraction of sp³-hybridized carbons (Fsp3) is 0.500. The number of benzene rings is 1. The highest BCUT2D eigenvalue weighted by molar-refractivity contribution is 5.77. The molecule has 228 valence electrons. The third kappa shape index (κ3) is 8.67. The molecule has 0 radical (unpaired) electrons. The lowest BCUT2D eigenvalue weighted by molar-refractivity contribution is -0.320. The topological polar surface area (TPSA) is 215 Å². The second-order valence-electron chi connectivity index (χ2n) is 8.80. The number of aldehydes is 1. The molecule has 1 aromatic carbocycles. The molecular formula is C22H24F6N5O8-. The molecule has 19 heteroatoms. The third-order valence-corrected chi connectivity index (χ3v) is 5.77. The van der Waals surface area contributed by atoms with Crippen molar-refractivity contribution in [2.75, 3.05) is 6.54 Å². The quantitative estimate of drug-likeness (QED) is 0.114. The minimum atomic E-state index is -4.64. The Hall–Kier alpha value is -3.65. The first-order valence-corrected chi connectivity index (χ1v) is 11.5. The fourth-order valence-corrected chi connectivity index (χ4v) is 3.62. The van der Waals surface area contributed by atoms with Gasteiger partial charge in [-0.25, -0.2) is 13.2 Å². The number of hydrogen-bond acceptors (Lipinski definition) is 11. The van der Waals surface area contributed by atoms with Gasteiger partial charge in [-0.05, 0) is 18.1 Å². The van der Waals surface area contributed by atoms with E-state index in [4.69, 9.17) is 26.2 Å². The Kier molecular flexibility index (Phi) is 11.3. The van der Waals surface area contributed by atoms with E-state index in [2.05, 4.69) is 10.2 Å². The van der Waals surface area contributed by atoms with Crippen LogP contribution in [0.15, 0.2) is 12.1 Å². The zero-order valence-corrected chi connectivity index (χ0v) is 20.7. The standard InChI is InChI=1S/C16H15F6N5O.C6H10O7/c17-10-6-12(19)11(18)4-8(10)3-9(23)5-14(28)26-1-2-27-13(7-26)24-25-15(27)16(20,21)22;7-1-2(8)3(9)4(10)5(11)6(12)13/h4,6,9H,1-3,5,7,23H2;1-5,8-11H,(H,12,13)/p-1/t9-;2-,3+,4-,5-/m10/s1. The number of aromatic nitrogens is 3. The van der Waals surface area contributed by atoms with Gasteiger partial charge < -0.3 is 50.3 Å². The highest BCUT2D eigenvalue weighted by atomic mass is 19.4. The van der Waals surface area contributed by atoms with E-state index in [1.54, 1.807) is 0 Å². The van der Waals surface area contributed by atoms with E-state index in [0.717, 1.165) is 4.57 Å². The highest BCUT2D eigenvalue weighted by Crippen LogP contribution is 2.29. The summed E-state index contributed by atoms with van der Waals surface area (Å²) in [6.45, 7) is -0.302. The van der Waals surface area contributed by atoms with Gasteiger partial charge in [0.25, 0.3) is 0 Å². The van der Waals surface area contributed by atoms with Crippen molar-refractivity contribution in [3.05, 3.63) is 46.8 Å². The number of fused-ring (bicyclic) bond motifs is 1. The van der Waals surface area contributed by atoms with Gasteiger partial charge in [-0.2, -0.15) is 13.2 Å². The Morgan fingerprint density at radius 1 is 1.02 bits per heavy atom. The minimum absolute atomic E-state index is 0.000783. The van der Waals surface area contributed by atoms with Crippen LogP contribution in [0.4, 0.5) is 26.3 Å². The molecule has 3 rings (SSSR count). The number of aliphatic carboxylic acids is 1. The summed E-state index contributed by atoms with van der Waals surface area (Å²) < 4.78 is 79.3. The second kappa shape index (κ2) is 13.8. The van der Waals surface area contributed by atoms with Crippen LogP contribution in [0.3, 0.4) is 0 Å². The molecule has 0 bridgehead atoms. The van der Waals surface area contributed by atoms with Gasteiger partial charge in [0.05, 0.1) is 12.5 Å². The number of carboxylic acid groups (broad SMARTS) is 1. The normalized spacial score (nSPS) is 16.9. The number of carbonyl (C=O) groups excluding carboxylic acids is 3. The van der Waals surface area contributed by atoms with E-state index in [-0.39, 0.29) is 50.1 Å². The minimum Gasteiger partial charge on any atom is -0.547 e. The van der Waals surface area contributed by atoms with Crippen molar-refractivity contribution < 1.29 is 66.3 Å². The van der Waals surface area contributed by atoms with Crippen LogP contribution < -0.4 is 10.8 Å². The molecule has 0 spiro atoms. The summed E-state index contributed by atoms with van der Waals surface area (Å²) in [5.41, 5.74) is 5.64. The number of alkyl halides is 3. The lowest BCUT2D eigenvalue weighted by atomic mass is 10.0. The lowest BCUT2D eigenvalue weighted by Gasteiger charge is -2.29. The second-order valence-corrected chi connectivity index (χ2v) is 8.80. The molecule has 2 aromatic rings. The fourth-order valence-electron chi connectivity index (χ4n) is 3.62. The molecule has 1 aliphatic rings. The Bertz CT molecular complexity index is 1250. The van der Waals surface area contributed by atoms with Gasteiger partial charge in [0.15, 0.2) is 23.7 Å². The molecule has 0 fully saturated rings. The van der Waals surface area contributed by atoms with E-state index in [9.17, 15) is 45.8 Å². The molecule has 41 heavy (non-hydrogen) atoms. The smallest absolute Gasteiger partial charge is 0.451 e. The monoisotopic (exact) mass is 600 g/mol. The summed E-state index contributed by atoms with van der Waals surface area (Å²) in [6, 6.07) is 0.184. The Labute approximate surface area is 226 Å². The number of aliphatic hydroxyl groups excluding tert-OH is 4. The van der Waals surface area contributed by atoms with Crippen LogP contribution in [0, 0.1) is 17.5 Å². The number of hydrogen-bond donors (Lipinski definition) is 5. The van der Waals surface area contributed by atoms with E-state index in [1.807, 2.05) is 0 Å². The van der Waals surface area contributed by atoms with Gasteiger partial charge in [-0.3, -0.25) is 4.79 Å². The van der Waals surface area contributed by atoms with Crippen LogP contribution in [0.25, 0.3) is 0 Å². The maximum atomic E-state index is 13.7. The molecule has 0 saturated heterocycles. The number of carbonyl (C=O) groups is 3. The summed E-state index contributed by atoms with van der Waals surface area (Å²) in [6.07, 6.45) is -13.8. The Morgan fingerprint density at radius 2 is 1.63 bits per heavy atom. The van der Waals surface area contributed by atoms with E-state index in [0.29, 0.717) is 12.1 Å². The maximum Gasteiger partial charge on any atom is 0.451 e. The van der Waals surface area contributed by atoms with Crippen molar-refractivity contribution in [2.24, 2.45) is 5.73 Å². The zero-order chi connectivity index (χ0) is 31.2. The van der Waals surface area contributed by atoms with Gasteiger partial charge in [-0.15, -0.1) is 10.2 Å². The molecule has 1 aliphatic heterocycles. The van der Waals surface area contributed by atoms with Crippen LogP contribution in [0.2, 0.25) is 0 Å². The van der Waals surface area contributed by atoms with Crippen LogP contribution >= 0.6 is 0 Å². The largest absolute Gasteiger partial charge is 0.547 e. The molecule has 0 aliphatic carbocycles. The van der Waals surface area contributed by atoms with E-state index in [1.165, 1.54) is 4.90 Å². The number of nitrogens with two attached hydrogens (primary N) is 1. The van der Waals surface area contributed by atoms with Crippen molar-refractivity contribution in [3.63, 3.8) is 0 Å². The molecular weight excluding hydrogens is 576 g/mol. The summed E-state index contributed by atoms with van der Waals surface area (Å²) in [4.78, 5) is 33.5. The number of halogens is 6. The molecule has 0 saturated carbocycles. The van der Waals surface area contributed by atoms with Crippen LogP contribution in [0.5, 0.6) is 0 Å². The van der Waals surface area contributed by atoms with Crippen LogP contribution in [-0.2, 0) is 40.1 Å². The van der Waals surface area contributed by atoms with Crippen molar-refractivity contribution >= 4 is 18.2 Å². The number of nitrogens with zero attached hydrogens (tertiary/aromatic N) is 4. The molecule has 0 unspecified atom stereocenters. The molecule has 6 N–H and O–H groups in total. The Morgan fingerprint density at radius 3 is 2.20 bits per heavy atom. The summed E-state index contributed by atoms with van der Waals surface area (Å²) in [5.74, 6) is -7.16. The van der Waals surface area contributed by atoms with Crippen LogP contribution in [-0.4, -0.2) is 95.3 Å². The number of rotatable bonds is 9. The molecule has 1 amide bonds. The van der Waals surface area contributed by atoms with Crippen LogP contribution in [0.1, 0.15) is 23.6 Å². The first kappa shape index (κ1) is 33.6. The maximum absolute atomic E-state index is 13.7. The first-order chi connectivity index (χ1) is 19.0. The van der Waals surface area contributed by atoms with Gasteiger partial charge >= 0.3 is 6.18 Å². The summed E-state index contributed by atoms with van der Waals surface area (Å²) >= 11 is 0. The Balaban J connectivity index is 0.000000383. The molecule has 5 atom stereocenters. The SMILES string of the molecule is N[C@@H](CC(=O)N1CCn2c(nnc2C(F)(F)F)C1)Cc1cc(F)c(F)cc1F.O=C[C@H](O)[C@@H](O)[C@H](O)[C@H](O)C(=O)[O-]. The van der Waals surface area contributed by atoms with Gasteiger partial charge in [0.1, 0.15) is 30.2 Å². The predicted octanol–water partition coefficient (Wildman–Crippen LogP) is -2.60. The zero-order valence-electron chi connectivity index (χ0n) is 20.7. The van der Waals surface area contributed by atoms with E-state index >= 15 is 0 Å². The number of amides is 1.